The third kappa shape index (κ3) is 9.94. The summed E-state index contributed by atoms with van der Waals surface area (Å²) in [5.41, 5.74) is 0.604. The lowest BCUT2D eigenvalue weighted by molar-refractivity contribution is 0.0400. The molecule has 0 spiro atoms. The van der Waals surface area contributed by atoms with E-state index in [-0.39, 0.29) is 11.9 Å². The van der Waals surface area contributed by atoms with E-state index < -0.39 is 5.82 Å². The molecule has 0 aliphatic carbocycles. The zero-order valence-corrected chi connectivity index (χ0v) is 19.9. The van der Waals surface area contributed by atoms with Gasteiger partial charge in [-0.05, 0) is 38.5 Å². The molecule has 5 nitrogen and oxygen atoms in total. The standard InChI is InChI=1S/C26H39FN2O3/c1-4-6-7-8-9-10-11-12-13-16-31-25-15-14-22(17-24(25)27)26-28-18-23(19-29-26)32-20-21(3)30-5-2/h14-15,17-19,21H,4-13,16,20H2,1-3H3. The SMILES string of the molecule is CCCCCCCCCCCOc1ccc(-c2ncc(OCC(C)OCC)cn2)cc1F. The normalized spacial score (nSPS) is 12.0. The third-order valence-electron chi connectivity index (χ3n) is 5.26. The van der Waals surface area contributed by atoms with E-state index in [2.05, 4.69) is 16.9 Å². The molecule has 32 heavy (non-hydrogen) atoms. The summed E-state index contributed by atoms with van der Waals surface area (Å²) in [6.07, 6.45) is 14.4. The number of aromatic nitrogens is 2. The van der Waals surface area contributed by atoms with Crippen molar-refractivity contribution in [2.24, 2.45) is 0 Å². The minimum absolute atomic E-state index is 0.00290. The second-order valence-electron chi connectivity index (χ2n) is 8.14. The van der Waals surface area contributed by atoms with Crippen molar-refractivity contribution in [1.82, 2.24) is 9.97 Å². The number of halogens is 1. The van der Waals surface area contributed by atoms with Crippen LogP contribution in [0.1, 0.15) is 78.6 Å². The van der Waals surface area contributed by atoms with Gasteiger partial charge in [0, 0.05) is 12.2 Å². The van der Waals surface area contributed by atoms with Crippen molar-refractivity contribution >= 4 is 0 Å². The van der Waals surface area contributed by atoms with Gasteiger partial charge in [-0.3, -0.25) is 0 Å². The fraction of sp³-hybridized carbons (Fsp3) is 0.615. The lowest BCUT2D eigenvalue weighted by Crippen LogP contribution is -2.18. The quantitative estimate of drug-likeness (QED) is 0.245. The first kappa shape index (κ1) is 26.0. The first-order chi connectivity index (χ1) is 15.6. The summed E-state index contributed by atoms with van der Waals surface area (Å²) in [4.78, 5) is 8.57. The maximum Gasteiger partial charge on any atom is 0.165 e. The molecule has 0 aliphatic heterocycles. The summed E-state index contributed by atoms with van der Waals surface area (Å²) in [5, 5.41) is 0. The molecule has 0 N–H and O–H groups in total. The molecule has 0 saturated carbocycles. The van der Waals surface area contributed by atoms with Gasteiger partial charge in [0.1, 0.15) is 6.61 Å². The van der Waals surface area contributed by atoms with Gasteiger partial charge in [0.05, 0.1) is 25.1 Å². The molecule has 178 valence electrons. The van der Waals surface area contributed by atoms with Gasteiger partial charge in [-0.25, -0.2) is 14.4 Å². The van der Waals surface area contributed by atoms with E-state index in [1.807, 2.05) is 13.8 Å². The summed E-state index contributed by atoms with van der Waals surface area (Å²) < 4.78 is 31.1. The molecule has 0 aliphatic rings. The second-order valence-corrected chi connectivity index (χ2v) is 8.14. The largest absolute Gasteiger partial charge is 0.491 e. The lowest BCUT2D eigenvalue weighted by Gasteiger charge is -2.12. The van der Waals surface area contributed by atoms with E-state index in [9.17, 15) is 4.39 Å². The summed E-state index contributed by atoms with van der Waals surface area (Å²) in [7, 11) is 0. The van der Waals surface area contributed by atoms with E-state index in [0.29, 0.717) is 37.0 Å². The van der Waals surface area contributed by atoms with Crippen LogP contribution in [0.25, 0.3) is 11.4 Å². The Bertz CT molecular complexity index is 755. The Hall–Kier alpha value is -2.21. The molecule has 0 bridgehead atoms. The molecule has 0 fully saturated rings. The summed E-state index contributed by atoms with van der Waals surface area (Å²) in [6.45, 7) is 7.74. The Balaban J connectivity index is 1.71. The van der Waals surface area contributed by atoms with E-state index >= 15 is 0 Å². The molecule has 6 heteroatoms. The highest BCUT2D eigenvalue weighted by Gasteiger charge is 2.09. The number of nitrogens with zero attached hydrogens (tertiary/aromatic N) is 2. The van der Waals surface area contributed by atoms with Gasteiger partial charge in [-0.2, -0.15) is 0 Å². The number of benzene rings is 1. The maximum atomic E-state index is 14.5. The summed E-state index contributed by atoms with van der Waals surface area (Å²) in [5.74, 6) is 0.882. The van der Waals surface area contributed by atoms with Gasteiger partial charge < -0.3 is 14.2 Å². The smallest absolute Gasteiger partial charge is 0.165 e. The zero-order valence-electron chi connectivity index (χ0n) is 19.9. The average molecular weight is 447 g/mol. The summed E-state index contributed by atoms with van der Waals surface area (Å²) in [6, 6.07) is 4.84. The molecular weight excluding hydrogens is 407 g/mol. The van der Waals surface area contributed by atoms with E-state index in [0.717, 1.165) is 12.8 Å². The molecule has 1 unspecified atom stereocenters. The van der Waals surface area contributed by atoms with E-state index in [1.165, 1.54) is 51.0 Å². The van der Waals surface area contributed by atoms with E-state index in [1.54, 1.807) is 24.5 Å². The fourth-order valence-electron chi connectivity index (χ4n) is 3.44. The second kappa shape index (κ2) is 15.6. The van der Waals surface area contributed by atoms with Crippen LogP contribution < -0.4 is 9.47 Å². The van der Waals surface area contributed by atoms with Crippen molar-refractivity contribution in [3.05, 3.63) is 36.4 Å². The van der Waals surface area contributed by atoms with Crippen LogP contribution in [0.4, 0.5) is 4.39 Å². The molecular formula is C26H39FN2O3. The Morgan fingerprint density at radius 3 is 2.16 bits per heavy atom. The Labute approximate surface area is 192 Å². The predicted octanol–water partition coefficient (Wildman–Crippen LogP) is 7.00. The number of rotatable bonds is 17. The van der Waals surface area contributed by atoms with Gasteiger partial charge in [0.25, 0.3) is 0 Å². The highest BCUT2D eigenvalue weighted by atomic mass is 19.1. The topological polar surface area (TPSA) is 53.5 Å². The Kier molecular flexibility index (Phi) is 12.7. The van der Waals surface area contributed by atoms with Crippen LogP contribution in [0, 0.1) is 5.82 Å². The van der Waals surface area contributed by atoms with Crippen molar-refractivity contribution < 1.29 is 18.6 Å². The average Bonchev–Trinajstić information content (AvgIpc) is 2.80. The third-order valence-corrected chi connectivity index (χ3v) is 5.26. The van der Waals surface area contributed by atoms with Gasteiger partial charge in [0.15, 0.2) is 23.1 Å². The predicted molar refractivity (Wildman–Crippen MR) is 127 cm³/mol. The Morgan fingerprint density at radius 2 is 1.53 bits per heavy atom. The monoisotopic (exact) mass is 446 g/mol. The molecule has 1 atom stereocenters. The van der Waals surface area contributed by atoms with Crippen LogP contribution in [-0.4, -0.2) is 35.9 Å². The lowest BCUT2D eigenvalue weighted by atomic mass is 10.1. The van der Waals surface area contributed by atoms with Gasteiger partial charge in [-0.1, -0.05) is 58.3 Å². The van der Waals surface area contributed by atoms with Crippen LogP contribution in [0.5, 0.6) is 11.5 Å². The molecule has 1 heterocycles. The van der Waals surface area contributed by atoms with Crippen LogP contribution >= 0.6 is 0 Å². The van der Waals surface area contributed by atoms with Crippen LogP contribution in [0.15, 0.2) is 30.6 Å². The van der Waals surface area contributed by atoms with Crippen molar-refractivity contribution in [2.45, 2.75) is 84.7 Å². The van der Waals surface area contributed by atoms with Crippen molar-refractivity contribution in [3.63, 3.8) is 0 Å². The van der Waals surface area contributed by atoms with Crippen molar-refractivity contribution in [2.75, 3.05) is 19.8 Å². The molecule has 0 saturated heterocycles. The van der Waals surface area contributed by atoms with Crippen LogP contribution in [-0.2, 0) is 4.74 Å². The first-order valence-corrected chi connectivity index (χ1v) is 12.1. The van der Waals surface area contributed by atoms with Gasteiger partial charge in [0.2, 0.25) is 0 Å². The maximum absolute atomic E-state index is 14.5. The van der Waals surface area contributed by atoms with Gasteiger partial charge >= 0.3 is 0 Å². The molecule has 0 radical (unpaired) electrons. The highest BCUT2D eigenvalue weighted by molar-refractivity contribution is 5.56. The zero-order chi connectivity index (χ0) is 23.0. The molecule has 2 aromatic rings. The number of ether oxygens (including phenoxy) is 3. The van der Waals surface area contributed by atoms with Crippen molar-refractivity contribution in [3.8, 4) is 22.9 Å². The van der Waals surface area contributed by atoms with Crippen LogP contribution in [0.2, 0.25) is 0 Å². The van der Waals surface area contributed by atoms with Crippen molar-refractivity contribution in [1.29, 1.82) is 0 Å². The molecule has 0 amide bonds. The number of unbranched alkanes of at least 4 members (excludes halogenated alkanes) is 8. The van der Waals surface area contributed by atoms with Crippen LogP contribution in [0.3, 0.4) is 0 Å². The molecule has 1 aromatic heterocycles. The minimum Gasteiger partial charge on any atom is -0.491 e. The minimum atomic E-state index is -0.395. The number of hydrogen-bond acceptors (Lipinski definition) is 5. The number of hydrogen-bond donors (Lipinski definition) is 0. The van der Waals surface area contributed by atoms with Gasteiger partial charge in [-0.15, -0.1) is 0 Å². The fourth-order valence-corrected chi connectivity index (χ4v) is 3.44. The molecule has 1 aromatic carbocycles. The first-order valence-electron chi connectivity index (χ1n) is 12.1. The summed E-state index contributed by atoms with van der Waals surface area (Å²) >= 11 is 0. The Morgan fingerprint density at radius 1 is 0.875 bits per heavy atom. The highest BCUT2D eigenvalue weighted by Crippen LogP contribution is 2.24. The molecule has 2 rings (SSSR count). The van der Waals surface area contributed by atoms with E-state index in [4.69, 9.17) is 14.2 Å².